The Morgan fingerprint density at radius 3 is 2.64 bits per heavy atom. The van der Waals surface area contributed by atoms with Gasteiger partial charge in [0.05, 0.1) is 0 Å². The molecule has 0 radical (unpaired) electrons. The van der Waals surface area contributed by atoms with Crippen molar-refractivity contribution in [2.75, 3.05) is 0 Å². The van der Waals surface area contributed by atoms with Crippen molar-refractivity contribution >= 4 is 5.97 Å². The summed E-state index contributed by atoms with van der Waals surface area (Å²) in [5.41, 5.74) is 3.88. The van der Waals surface area contributed by atoms with Gasteiger partial charge in [0.25, 0.3) is 0 Å². The first kappa shape index (κ1) is 8.39. The largest absolute Gasteiger partial charge is 0.480 e. The van der Waals surface area contributed by atoms with Crippen LogP contribution >= 0.6 is 0 Å². The van der Waals surface area contributed by atoms with E-state index in [1.807, 2.05) is 0 Å². The van der Waals surface area contributed by atoms with Crippen molar-refractivity contribution < 1.29 is 18.7 Å². The summed E-state index contributed by atoms with van der Waals surface area (Å²) in [5, 5.41) is 8.43. The third-order valence-electron chi connectivity index (χ3n) is 2.01. The summed E-state index contributed by atoms with van der Waals surface area (Å²) in [6, 6.07) is 0. The van der Waals surface area contributed by atoms with Crippen molar-refractivity contribution in [3.05, 3.63) is 0 Å². The second-order valence-corrected chi connectivity index (χ2v) is 2.87. The smallest absolute Gasteiger partial charge is 0.323 e. The molecule has 0 heterocycles. The van der Waals surface area contributed by atoms with Crippen molar-refractivity contribution in [1.82, 2.24) is 0 Å². The predicted octanol–water partition coefficient (Wildman–Crippen LogP) is 0.444. The van der Waals surface area contributed by atoms with Gasteiger partial charge in [0.2, 0.25) is 6.43 Å². The lowest BCUT2D eigenvalue weighted by Gasteiger charge is -2.03. The van der Waals surface area contributed by atoms with Crippen molar-refractivity contribution in [2.45, 2.75) is 24.8 Å². The Kier molecular flexibility index (Phi) is 1.83. The Bertz CT molecular complexity index is 185. The molecule has 0 amide bonds. The van der Waals surface area contributed by atoms with E-state index < -0.39 is 30.3 Å². The summed E-state index contributed by atoms with van der Waals surface area (Å²) >= 11 is 0. The number of aliphatic carboxylic acids is 1. The molecular formula is C6H9F2NO2. The van der Waals surface area contributed by atoms with Crippen LogP contribution < -0.4 is 5.73 Å². The van der Waals surface area contributed by atoms with Crippen LogP contribution in [0.4, 0.5) is 8.78 Å². The highest BCUT2D eigenvalue weighted by atomic mass is 19.3. The van der Waals surface area contributed by atoms with Crippen LogP contribution in [0.3, 0.4) is 0 Å². The number of carboxylic acid groups (broad SMARTS) is 1. The zero-order valence-electron chi connectivity index (χ0n) is 5.76. The fourth-order valence-electron chi connectivity index (χ4n) is 1.12. The molecule has 0 unspecified atom stereocenters. The SMILES string of the molecule is N[C@]1(C(=O)O)C[C@H]1CC(F)F. The van der Waals surface area contributed by atoms with E-state index in [4.69, 9.17) is 10.8 Å². The summed E-state index contributed by atoms with van der Waals surface area (Å²) in [4.78, 5) is 10.3. The van der Waals surface area contributed by atoms with Crippen LogP contribution in [-0.2, 0) is 4.79 Å². The molecule has 11 heavy (non-hydrogen) atoms. The number of hydrogen-bond acceptors (Lipinski definition) is 2. The molecule has 0 aliphatic heterocycles. The maximum absolute atomic E-state index is 11.7. The average Bonchev–Trinajstić information content (AvgIpc) is 2.42. The molecule has 0 saturated heterocycles. The number of rotatable bonds is 3. The molecule has 2 atom stereocenters. The Balaban J connectivity index is 2.41. The van der Waals surface area contributed by atoms with E-state index in [0.29, 0.717) is 0 Å². The number of halogens is 2. The predicted molar refractivity (Wildman–Crippen MR) is 33.3 cm³/mol. The van der Waals surface area contributed by atoms with E-state index in [9.17, 15) is 13.6 Å². The first-order valence-electron chi connectivity index (χ1n) is 3.27. The Morgan fingerprint density at radius 2 is 2.36 bits per heavy atom. The van der Waals surface area contributed by atoms with Gasteiger partial charge in [-0.25, -0.2) is 8.78 Å². The van der Waals surface area contributed by atoms with Crippen molar-refractivity contribution in [3.63, 3.8) is 0 Å². The second kappa shape index (κ2) is 2.41. The molecule has 0 bridgehead atoms. The zero-order valence-corrected chi connectivity index (χ0v) is 5.76. The quantitative estimate of drug-likeness (QED) is 0.637. The monoisotopic (exact) mass is 165 g/mol. The number of hydrogen-bond donors (Lipinski definition) is 2. The van der Waals surface area contributed by atoms with Gasteiger partial charge >= 0.3 is 5.97 Å². The molecule has 3 N–H and O–H groups in total. The average molecular weight is 165 g/mol. The standard InChI is InChI=1S/C6H9F2NO2/c7-4(8)1-3-2-6(3,9)5(10)11/h3-4H,1-2,9H2,(H,10,11)/t3-,6-/m1/s1. The first-order chi connectivity index (χ1) is 4.97. The molecule has 1 fully saturated rings. The molecule has 3 nitrogen and oxygen atoms in total. The molecular weight excluding hydrogens is 156 g/mol. The lowest BCUT2D eigenvalue weighted by molar-refractivity contribution is -0.140. The molecule has 0 aromatic rings. The highest BCUT2D eigenvalue weighted by molar-refractivity contribution is 5.82. The first-order valence-corrected chi connectivity index (χ1v) is 3.27. The lowest BCUT2D eigenvalue weighted by atomic mass is 10.2. The number of nitrogens with two attached hydrogens (primary N) is 1. The van der Waals surface area contributed by atoms with Crippen LogP contribution in [0.1, 0.15) is 12.8 Å². The molecule has 0 aromatic carbocycles. The Labute approximate surface area is 62.2 Å². The molecule has 0 aromatic heterocycles. The van der Waals surface area contributed by atoms with Crippen molar-refractivity contribution in [3.8, 4) is 0 Å². The van der Waals surface area contributed by atoms with Crippen molar-refractivity contribution in [2.24, 2.45) is 11.7 Å². The Morgan fingerprint density at radius 1 is 1.82 bits per heavy atom. The minimum atomic E-state index is -2.45. The maximum atomic E-state index is 11.7. The third-order valence-corrected chi connectivity index (χ3v) is 2.01. The van der Waals surface area contributed by atoms with Gasteiger partial charge in [-0.15, -0.1) is 0 Å². The zero-order chi connectivity index (χ0) is 8.65. The van der Waals surface area contributed by atoms with E-state index >= 15 is 0 Å². The highest BCUT2D eigenvalue weighted by Gasteiger charge is 2.58. The molecule has 1 rings (SSSR count). The van der Waals surface area contributed by atoms with Crippen LogP contribution in [0, 0.1) is 5.92 Å². The second-order valence-electron chi connectivity index (χ2n) is 2.87. The number of carbonyl (C=O) groups is 1. The molecule has 1 saturated carbocycles. The summed E-state index contributed by atoms with van der Waals surface area (Å²) < 4.78 is 23.4. The fourth-order valence-corrected chi connectivity index (χ4v) is 1.12. The van der Waals surface area contributed by atoms with Crippen LogP contribution in [0.2, 0.25) is 0 Å². The molecule has 1 aliphatic carbocycles. The minimum Gasteiger partial charge on any atom is -0.480 e. The van der Waals surface area contributed by atoms with Crippen molar-refractivity contribution in [1.29, 1.82) is 0 Å². The summed E-state index contributed by atoms with van der Waals surface area (Å²) in [6.07, 6.45) is -2.68. The van der Waals surface area contributed by atoms with E-state index in [1.54, 1.807) is 0 Å². The number of alkyl halides is 2. The topological polar surface area (TPSA) is 63.3 Å². The summed E-state index contributed by atoms with van der Waals surface area (Å²) in [5.74, 6) is -1.72. The molecule has 5 heteroatoms. The van der Waals surface area contributed by atoms with Gasteiger partial charge in [-0.05, 0) is 12.3 Å². The highest BCUT2D eigenvalue weighted by Crippen LogP contribution is 2.44. The van der Waals surface area contributed by atoms with E-state index in [0.717, 1.165) is 0 Å². The van der Waals surface area contributed by atoms with Crippen LogP contribution in [0.15, 0.2) is 0 Å². The van der Waals surface area contributed by atoms with Crippen LogP contribution in [0.5, 0.6) is 0 Å². The van der Waals surface area contributed by atoms with Gasteiger partial charge in [0.1, 0.15) is 5.54 Å². The number of carboxylic acids is 1. The van der Waals surface area contributed by atoms with E-state index in [1.165, 1.54) is 0 Å². The van der Waals surface area contributed by atoms with Crippen LogP contribution in [-0.4, -0.2) is 23.0 Å². The maximum Gasteiger partial charge on any atom is 0.323 e. The summed E-state index contributed by atoms with van der Waals surface area (Å²) in [6.45, 7) is 0. The van der Waals surface area contributed by atoms with E-state index in [-0.39, 0.29) is 6.42 Å². The van der Waals surface area contributed by atoms with Gasteiger partial charge in [-0.2, -0.15) is 0 Å². The fraction of sp³-hybridized carbons (Fsp3) is 0.833. The minimum absolute atomic E-state index is 0.173. The van der Waals surface area contributed by atoms with Gasteiger partial charge < -0.3 is 10.8 Å². The molecule has 64 valence electrons. The van der Waals surface area contributed by atoms with Gasteiger partial charge in [0, 0.05) is 6.42 Å². The molecule has 1 aliphatic rings. The molecule has 0 spiro atoms. The normalized spacial score (nSPS) is 35.8. The third kappa shape index (κ3) is 1.48. The van der Waals surface area contributed by atoms with E-state index in [2.05, 4.69) is 0 Å². The lowest BCUT2D eigenvalue weighted by Crippen LogP contribution is -2.35. The van der Waals surface area contributed by atoms with Gasteiger partial charge in [0.15, 0.2) is 0 Å². The van der Waals surface area contributed by atoms with Gasteiger partial charge in [-0.3, -0.25) is 4.79 Å². The van der Waals surface area contributed by atoms with Gasteiger partial charge in [-0.1, -0.05) is 0 Å². The Hall–Kier alpha value is -0.710. The van der Waals surface area contributed by atoms with Crippen LogP contribution in [0.25, 0.3) is 0 Å². The summed E-state index contributed by atoms with van der Waals surface area (Å²) in [7, 11) is 0.